The molecule has 0 radical (unpaired) electrons. The molecular formula is C16H21NO2. The third-order valence-corrected chi connectivity index (χ3v) is 3.72. The lowest BCUT2D eigenvalue weighted by atomic mass is 10.0. The number of rotatable bonds is 4. The molecule has 3 heteroatoms. The Kier molecular flexibility index (Phi) is 4.25. The summed E-state index contributed by atoms with van der Waals surface area (Å²) < 4.78 is 0. The highest BCUT2D eigenvalue weighted by atomic mass is 16.4. The van der Waals surface area contributed by atoms with Crippen molar-refractivity contribution in [3.63, 3.8) is 0 Å². The van der Waals surface area contributed by atoms with Crippen LogP contribution in [0.25, 0.3) is 6.08 Å². The second kappa shape index (κ2) is 5.91. The number of hydrogen-bond acceptors (Lipinski definition) is 2. The van der Waals surface area contributed by atoms with Crippen LogP contribution in [0.5, 0.6) is 0 Å². The van der Waals surface area contributed by atoms with Gasteiger partial charge in [0.15, 0.2) is 0 Å². The van der Waals surface area contributed by atoms with Gasteiger partial charge in [-0.3, -0.25) is 0 Å². The molecule has 19 heavy (non-hydrogen) atoms. The van der Waals surface area contributed by atoms with Crippen molar-refractivity contribution in [2.45, 2.75) is 32.7 Å². The molecule has 1 unspecified atom stereocenters. The zero-order chi connectivity index (χ0) is 13.8. The average molecular weight is 259 g/mol. The Morgan fingerprint density at radius 2 is 2.16 bits per heavy atom. The molecule has 0 bridgehead atoms. The smallest absolute Gasteiger partial charge is 0.328 e. The van der Waals surface area contributed by atoms with E-state index in [1.165, 1.54) is 18.9 Å². The van der Waals surface area contributed by atoms with E-state index in [1.54, 1.807) is 6.08 Å². The number of para-hydroxylation sites is 1. The highest BCUT2D eigenvalue weighted by Gasteiger charge is 2.27. The second-order valence-corrected chi connectivity index (χ2v) is 5.38. The quantitative estimate of drug-likeness (QED) is 0.842. The van der Waals surface area contributed by atoms with Crippen molar-refractivity contribution in [1.82, 2.24) is 0 Å². The molecule has 1 aliphatic rings. The summed E-state index contributed by atoms with van der Waals surface area (Å²) in [6, 6.07) is 8.58. The highest BCUT2D eigenvalue weighted by Crippen LogP contribution is 2.32. The maximum atomic E-state index is 10.7. The maximum absolute atomic E-state index is 10.7. The standard InChI is InChI=1S/C16H21NO2/c1-12(2)14-8-5-11-17(14)15-7-4-3-6-13(15)9-10-16(18)19/h3-4,6-7,9-10,12,14H,5,8,11H2,1-2H3,(H,18,19)/b10-9+. The molecule has 1 fully saturated rings. The summed E-state index contributed by atoms with van der Waals surface area (Å²) >= 11 is 0. The molecule has 1 aromatic carbocycles. The topological polar surface area (TPSA) is 40.5 Å². The van der Waals surface area contributed by atoms with Gasteiger partial charge in [0.1, 0.15) is 0 Å². The first-order valence-corrected chi connectivity index (χ1v) is 6.86. The van der Waals surface area contributed by atoms with E-state index in [0.717, 1.165) is 17.8 Å². The van der Waals surface area contributed by atoms with E-state index in [2.05, 4.69) is 24.8 Å². The molecule has 0 spiro atoms. The number of hydrogen-bond donors (Lipinski definition) is 1. The van der Waals surface area contributed by atoms with Crippen LogP contribution in [0.4, 0.5) is 5.69 Å². The fourth-order valence-electron chi connectivity index (χ4n) is 2.84. The predicted molar refractivity (Wildman–Crippen MR) is 78.3 cm³/mol. The van der Waals surface area contributed by atoms with Crippen LogP contribution in [-0.2, 0) is 4.79 Å². The van der Waals surface area contributed by atoms with Gasteiger partial charge in [-0.15, -0.1) is 0 Å². The van der Waals surface area contributed by atoms with Crippen molar-refractivity contribution in [2.24, 2.45) is 5.92 Å². The Bertz CT molecular complexity index is 479. The van der Waals surface area contributed by atoms with E-state index >= 15 is 0 Å². The van der Waals surface area contributed by atoms with Gasteiger partial charge in [-0.25, -0.2) is 4.79 Å². The van der Waals surface area contributed by atoms with Crippen LogP contribution in [0, 0.1) is 5.92 Å². The summed E-state index contributed by atoms with van der Waals surface area (Å²) in [5.41, 5.74) is 2.13. The summed E-state index contributed by atoms with van der Waals surface area (Å²) in [5, 5.41) is 8.77. The first kappa shape index (κ1) is 13.7. The van der Waals surface area contributed by atoms with E-state index < -0.39 is 5.97 Å². The number of aliphatic carboxylic acids is 1. The maximum Gasteiger partial charge on any atom is 0.328 e. The van der Waals surface area contributed by atoms with E-state index in [9.17, 15) is 4.79 Å². The first-order valence-electron chi connectivity index (χ1n) is 6.86. The Hall–Kier alpha value is -1.77. The Morgan fingerprint density at radius 1 is 1.42 bits per heavy atom. The van der Waals surface area contributed by atoms with Crippen molar-refractivity contribution < 1.29 is 9.90 Å². The van der Waals surface area contributed by atoms with Crippen LogP contribution >= 0.6 is 0 Å². The van der Waals surface area contributed by atoms with Gasteiger partial charge in [0.2, 0.25) is 0 Å². The fourth-order valence-corrected chi connectivity index (χ4v) is 2.84. The van der Waals surface area contributed by atoms with Crippen molar-refractivity contribution in [3.8, 4) is 0 Å². The SMILES string of the molecule is CC(C)C1CCCN1c1ccccc1/C=C/C(=O)O. The summed E-state index contributed by atoms with van der Waals surface area (Å²) in [5.74, 6) is -0.296. The number of nitrogens with zero attached hydrogens (tertiary/aromatic N) is 1. The van der Waals surface area contributed by atoms with Gasteiger partial charge in [-0.1, -0.05) is 32.0 Å². The molecule has 1 aromatic rings. The van der Waals surface area contributed by atoms with E-state index in [1.807, 2.05) is 18.2 Å². The molecule has 0 aliphatic carbocycles. The van der Waals surface area contributed by atoms with Crippen molar-refractivity contribution in [1.29, 1.82) is 0 Å². The Labute approximate surface area is 114 Å². The van der Waals surface area contributed by atoms with Gasteiger partial charge in [0.25, 0.3) is 0 Å². The molecule has 0 aromatic heterocycles. The van der Waals surface area contributed by atoms with E-state index in [4.69, 9.17) is 5.11 Å². The lowest BCUT2D eigenvalue weighted by molar-refractivity contribution is -0.131. The lowest BCUT2D eigenvalue weighted by Crippen LogP contribution is -2.33. The minimum absolute atomic E-state index is 0.555. The molecule has 3 nitrogen and oxygen atoms in total. The third-order valence-electron chi connectivity index (χ3n) is 3.72. The second-order valence-electron chi connectivity index (χ2n) is 5.38. The number of carboxylic acid groups (broad SMARTS) is 1. The molecule has 2 rings (SSSR count). The summed E-state index contributed by atoms with van der Waals surface area (Å²) in [6.07, 6.45) is 5.32. The van der Waals surface area contributed by atoms with Gasteiger partial charge in [0.05, 0.1) is 0 Å². The Balaban J connectivity index is 2.31. The summed E-state index contributed by atoms with van der Waals surface area (Å²) in [4.78, 5) is 13.1. The van der Waals surface area contributed by atoms with Gasteiger partial charge < -0.3 is 10.0 Å². The minimum atomic E-state index is -0.906. The fraction of sp³-hybridized carbons (Fsp3) is 0.438. The molecule has 1 saturated heterocycles. The van der Waals surface area contributed by atoms with E-state index in [-0.39, 0.29) is 0 Å². The third kappa shape index (κ3) is 3.16. The van der Waals surface area contributed by atoms with E-state index in [0.29, 0.717) is 12.0 Å². The average Bonchev–Trinajstić information content (AvgIpc) is 2.85. The van der Waals surface area contributed by atoms with Crippen LogP contribution in [-0.4, -0.2) is 23.7 Å². The van der Waals surface area contributed by atoms with Gasteiger partial charge in [-0.2, -0.15) is 0 Å². The summed E-state index contributed by atoms with van der Waals surface area (Å²) in [6.45, 7) is 5.55. The van der Waals surface area contributed by atoms with Crippen LogP contribution in [0.1, 0.15) is 32.3 Å². The molecule has 102 valence electrons. The molecule has 0 saturated carbocycles. The van der Waals surface area contributed by atoms with Crippen LogP contribution in [0.2, 0.25) is 0 Å². The molecule has 1 heterocycles. The largest absolute Gasteiger partial charge is 0.478 e. The monoisotopic (exact) mass is 259 g/mol. The van der Waals surface area contributed by atoms with Crippen LogP contribution in [0.15, 0.2) is 30.3 Å². The lowest BCUT2D eigenvalue weighted by Gasteiger charge is -2.31. The molecule has 0 amide bonds. The number of benzene rings is 1. The zero-order valence-electron chi connectivity index (χ0n) is 11.5. The van der Waals surface area contributed by atoms with Gasteiger partial charge >= 0.3 is 5.97 Å². The number of anilines is 1. The molecule has 1 N–H and O–H groups in total. The van der Waals surface area contributed by atoms with Gasteiger partial charge in [-0.05, 0) is 36.5 Å². The minimum Gasteiger partial charge on any atom is -0.478 e. The van der Waals surface area contributed by atoms with Crippen LogP contribution < -0.4 is 4.90 Å². The van der Waals surface area contributed by atoms with Crippen LogP contribution in [0.3, 0.4) is 0 Å². The Morgan fingerprint density at radius 3 is 2.84 bits per heavy atom. The number of carbonyl (C=O) groups is 1. The molecular weight excluding hydrogens is 238 g/mol. The van der Waals surface area contributed by atoms with Crippen molar-refractivity contribution >= 4 is 17.7 Å². The molecule has 1 aliphatic heterocycles. The predicted octanol–water partition coefficient (Wildman–Crippen LogP) is 3.41. The van der Waals surface area contributed by atoms with Gasteiger partial charge in [0, 0.05) is 24.4 Å². The zero-order valence-corrected chi connectivity index (χ0v) is 11.5. The first-order chi connectivity index (χ1) is 9.09. The van der Waals surface area contributed by atoms with Crippen molar-refractivity contribution in [3.05, 3.63) is 35.9 Å². The highest BCUT2D eigenvalue weighted by molar-refractivity contribution is 5.87. The van der Waals surface area contributed by atoms with Crippen molar-refractivity contribution in [2.75, 3.05) is 11.4 Å². The summed E-state index contributed by atoms with van der Waals surface area (Å²) in [7, 11) is 0. The normalized spacial score (nSPS) is 19.5. The number of carboxylic acids is 1. The molecule has 1 atom stereocenters.